The van der Waals surface area contributed by atoms with Crippen LogP contribution in [0.4, 0.5) is 17.5 Å². The lowest BCUT2D eigenvalue weighted by atomic mass is 10.2. The molecule has 0 atom stereocenters. The fraction of sp³-hybridized carbons (Fsp3) is 0.368. The van der Waals surface area contributed by atoms with Crippen LogP contribution >= 0.6 is 0 Å². The van der Waals surface area contributed by atoms with Crippen molar-refractivity contribution in [3.8, 4) is 0 Å². The van der Waals surface area contributed by atoms with Crippen LogP contribution in [-0.2, 0) is 4.79 Å². The number of piperazine rings is 1. The summed E-state index contributed by atoms with van der Waals surface area (Å²) in [6, 6.07) is 9.92. The van der Waals surface area contributed by atoms with Crippen LogP contribution < -0.4 is 10.2 Å². The van der Waals surface area contributed by atoms with Gasteiger partial charge in [0.2, 0.25) is 11.9 Å². The minimum absolute atomic E-state index is 0.273. The molecule has 0 radical (unpaired) electrons. The predicted molar refractivity (Wildman–Crippen MR) is 103 cm³/mol. The lowest BCUT2D eigenvalue weighted by molar-refractivity contribution is -0.132. The highest BCUT2D eigenvalue weighted by molar-refractivity contribution is 5.86. The normalized spacial score (nSPS) is 17.3. The molecule has 5 rings (SSSR count). The van der Waals surface area contributed by atoms with Crippen molar-refractivity contribution in [2.75, 3.05) is 36.4 Å². The third-order valence-electron chi connectivity index (χ3n) is 5.11. The van der Waals surface area contributed by atoms with Gasteiger partial charge in [-0.15, -0.1) is 0 Å². The van der Waals surface area contributed by atoms with Crippen LogP contribution in [0.15, 0.2) is 36.7 Å². The van der Waals surface area contributed by atoms with Crippen LogP contribution in [0.5, 0.6) is 0 Å². The van der Waals surface area contributed by atoms with E-state index >= 15 is 0 Å². The molecule has 1 aromatic carbocycles. The standard InChI is InChI=1S/C19H21N7O/c27-18(13-6-7-13)25-8-10-26(11-9-25)19-23-16-15(20-12-21-16)17(24-19)22-14-4-2-1-3-5-14/h1-5,12-13H,6-11H2,(H2,20,21,22,23,24). The minimum Gasteiger partial charge on any atom is -0.340 e. The molecule has 1 aliphatic heterocycles. The molecule has 3 aromatic rings. The first-order chi connectivity index (χ1) is 13.3. The number of H-pyrrole nitrogens is 1. The first-order valence-electron chi connectivity index (χ1n) is 9.35. The zero-order chi connectivity index (χ0) is 18.2. The van der Waals surface area contributed by atoms with Gasteiger partial charge in [0.05, 0.1) is 6.33 Å². The van der Waals surface area contributed by atoms with E-state index in [4.69, 9.17) is 4.98 Å². The molecule has 0 spiro atoms. The molecule has 1 saturated carbocycles. The van der Waals surface area contributed by atoms with Crippen LogP contribution in [0, 0.1) is 5.92 Å². The topological polar surface area (TPSA) is 90.0 Å². The number of carbonyl (C=O) groups is 1. The first kappa shape index (κ1) is 16.0. The molecule has 8 nitrogen and oxygen atoms in total. The number of aromatic amines is 1. The summed E-state index contributed by atoms with van der Waals surface area (Å²) in [5.41, 5.74) is 2.37. The van der Waals surface area contributed by atoms with Crippen molar-refractivity contribution in [2.24, 2.45) is 5.92 Å². The number of hydrogen-bond acceptors (Lipinski definition) is 6. The second kappa shape index (κ2) is 6.53. The van der Waals surface area contributed by atoms with Gasteiger partial charge in [-0.05, 0) is 25.0 Å². The zero-order valence-electron chi connectivity index (χ0n) is 14.9. The molecule has 27 heavy (non-hydrogen) atoms. The van der Waals surface area contributed by atoms with Crippen LogP contribution in [0.1, 0.15) is 12.8 Å². The van der Waals surface area contributed by atoms with Gasteiger partial charge in [-0.25, -0.2) is 4.98 Å². The number of amides is 1. The monoisotopic (exact) mass is 363 g/mol. The summed E-state index contributed by atoms with van der Waals surface area (Å²) < 4.78 is 0. The number of nitrogens with one attached hydrogen (secondary N) is 2. The number of benzene rings is 1. The Balaban J connectivity index is 1.38. The van der Waals surface area contributed by atoms with E-state index < -0.39 is 0 Å². The van der Waals surface area contributed by atoms with E-state index in [9.17, 15) is 4.79 Å². The number of para-hydroxylation sites is 1. The Kier molecular flexibility index (Phi) is 3.88. The molecule has 3 heterocycles. The second-order valence-corrected chi connectivity index (χ2v) is 7.05. The maximum Gasteiger partial charge on any atom is 0.229 e. The Bertz CT molecular complexity index is 959. The lowest BCUT2D eigenvalue weighted by Gasteiger charge is -2.35. The average molecular weight is 363 g/mol. The van der Waals surface area contributed by atoms with E-state index in [2.05, 4.69) is 25.2 Å². The summed E-state index contributed by atoms with van der Waals surface area (Å²) in [5, 5.41) is 3.35. The zero-order valence-corrected chi connectivity index (χ0v) is 14.9. The van der Waals surface area contributed by atoms with Gasteiger partial charge >= 0.3 is 0 Å². The molecular formula is C19H21N7O. The van der Waals surface area contributed by atoms with Gasteiger partial charge in [0.25, 0.3) is 0 Å². The molecule has 2 aliphatic rings. The number of rotatable bonds is 4. The van der Waals surface area contributed by atoms with Crippen molar-refractivity contribution < 1.29 is 4.79 Å². The Morgan fingerprint density at radius 3 is 2.59 bits per heavy atom. The number of carbonyl (C=O) groups excluding carboxylic acids is 1. The summed E-state index contributed by atoms with van der Waals surface area (Å²) in [5.74, 6) is 1.93. The molecule has 1 amide bonds. The van der Waals surface area contributed by atoms with Crippen molar-refractivity contribution in [2.45, 2.75) is 12.8 Å². The van der Waals surface area contributed by atoms with Gasteiger partial charge in [-0.3, -0.25) is 4.79 Å². The molecule has 2 aromatic heterocycles. The summed E-state index contributed by atoms with van der Waals surface area (Å²) in [6.45, 7) is 2.91. The highest BCUT2D eigenvalue weighted by Gasteiger charge is 2.35. The van der Waals surface area contributed by atoms with Gasteiger partial charge in [0.1, 0.15) is 5.52 Å². The van der Waals surface area contributed by atoms with Crippen molar-refractivity contribution in [3.05, 3.63) is 36.7 Å². The number of hydrogen-bond donors (Lipinski definition) is 2. The van der Waals surface area contributed by atoms with Gasteiger partial charge in [0.15, 0.2) is 11.5 Å². The quantitative estimate of drug-likeness (QED) is 0.738. The Morgan fingerprint density at radius 1 is 1.07 bits per heavy atom. The highest BCUT2D eigenvalue weighted by atomic mass is 16.2. The van der Waals surface area contributed by atoms with Crippen LogP contribution in [0.25, 0.3) is 11.2 Å². The molecule has 138 valence electrons. The van der Waals surface area contributed by atoms with E-state index in [1.54, 1.807) is 6.33 Å². The Labute approximate surface area is 156 Å². The summed E-state index contributed by atoms with van der Waals surface area (Å²) in [4.78, 5) is 33.1. The molecule has 0 bridgehead atoms. The second-order valence-electron chi connectivity index (χ2n) is 7.05. The molecule has 2 fully saturated rings. The fourth-order valence-electron chi connectivity index (χ4n) is 3.43. The summed E-state index contributed by atoms with van der Waals surface area (Å²) >= 11 is 0. The molecule has 8 heteroatoms. The Morgan fingerprint density at radius 2 is 1.85 bits per heavy atom. The number of aromatic nitrogens is 4. The van der Waals surface area contributed by atoms with Gasteiger partial charge in [-0.2, -0.15) is 9.97 Å². The van der Waals surface area contributed by atoms with Crippen molar-refractivity contribution in [1.82, 2.24) is 24.8 Å². The molecule has 2 N–H and O–H groups in total. The fourth-order valence-corrected chi connectivity index (χ4v) is 3.43. The number of nitrogens with zero attached hydrogens (tertiary/aromatic N) is 5. The van der Waals surface area contributed by atoms with Crippen molar-refractivity contribution in [3.63, 3.8) is 0 Å². The Hall–Kier alpha value is -3.16. The van der Waals surface area contributed by atoms with E-state index in [0.717, 1.165) is 50.2 Å². The smallest absolute Gasteiger partial charge is 0.229 e. The van der Waals surface area contributed by atoms with Crippen molar-refractivity contribution in [1.29, 1.82) is 0 Å². The first-order valence-corrected chi connectivity index (χ1v) is 9.35. The average Bonchev–Trinajstić information content (AvgIpc) is 3.45. The van der Waals surface area contributed by atoms with Gasteiger partial charge < -0.3 is 20.1 Å². The van der Waals surface area contributed by atoms with E-state index in [1.807, 2.05) is 35.2 Å². The third-order valence-corrected chi connectivity index (χ3v) is 5.11. The van der Waals surface area contributed by atoms with E-state index in [1.165, 1.54) is 0 Å². The molecule has 0 unspecified atom stereocenters. The van der Waals surface area contributed by atoms with Crippen LogP contribution in [0.2, 0.25) is 0 Å². The molecule has 1 aliphatic carbocycles. The van der Waals surface area contributed by atoms with E-state index in [0.29, 0.717) is 23.3 Å². The predicted octanol–water partition coefficient (Wildman–Crippen LogP) is 2.16. The van der Waals surface area contributed by atoms with Crippen LogP contribution in [-0.4, -0.2) is 56.9 Å². The SMILES string of the molecule is O=C(C1CC1)N1CCN(c2nc(Nc3ccccc3)c3[nH]cnc3n2)CC1. The summed E-state index contributed by atoms with van der Waals surface area (Å²) in [7, 11) is 0. The lowest BCUT2D eigenvalue weighted by Crippen LogP contribution is -2.49. The number of fused-ring (bicyclic) bond motifs is 1. The number of anilines is 3. The molecular weight excluding hydrogens is 342 g/mol. The van der Waals surface area contributed by atoms with Gasteiger partial charge in [0, 0.05) is 37.8 Å². The minimum atomic E-state index is 0.273. The highest BCUT2D eigenvalue weighted by Crippen LogP contribution is 2.31. The maximum atomic E-state index is 12.3. The van der Waals surface area contributed by atoms with E-state index in [-0.39, 0.29) is 5.92 Å². The largest absolute Gasteiger partial charge is 0.340 e. The maximum absolute atomic E-state index is 12.3. The third kappa shape index (κ3) is 3.18. The van der Waals surface area contributed by atoms with Crippen LogP contribution in [0.3, 0.4) is 0 Å². The van der Waals surface area contributed by atoms with Gasteiger partial charge in [-0.1, -0.05) is 18.2 Å². The number of imidazole rings is 1. The van der Waals surface area contributed by atoms with Crippen molar-refractivity contribution >= 4 is 34.5 Å². The summed E-state index contributed by atoms with van der Waals surface area (Å²) in [6.07, 6.45) is 3.73. The molecule has 1 saturated heterocycles.